The van der Waals surface area contributed by atoms with Crippen LogP contribution in [0.2, 0.25) is 0 Å². The van der Waals surface area contributed by atoms with Gasteiger partial charge in [0.1, 0.15) is 18.1 Å². The van der Waals surface area contributed by atoms with Crippen molar-refractivity contribution >= 4 is 40.1 Å². The van der Waals surface area contributed by atoms with Crippen LogP contribution in [0.3, 0.4) is 0 Å². The summed E-state index contributed by atoms with van der Waals surface area (Å²) in [6, 6.07) is 22.2. The number of carbonyl (C=O) groups is 1. The Labute approximate surface area is 169 Å². The van der Waals surface area contributed by atoms with E-state index < -0.39 is 0 Å². The third-order valence-corrected chi connectivity index (χ3v) is 5.07. The third kappa shape index (κ3) is 3.62. The van der Waals surface area contributed by atoms with E-state index in [1.54, 1.807) is 11.0 Å². The number of hydrogen-bond donors (Lipinski definition) is 1. The molecule has 1 fully saturated rings. The van der Waals surface area contributed by atoms with Gasteiger partial charge in [0, 0.05) is 6.54 Å². The first-order valence-electron chi connectivity index (χ1n) is 9.20. The minimum absolute atomic E-state index is 0.0937. The lowest BCUT2D eigenvalue weighted by molar-refractivity contribution is -0.122. The number of benzene rings is 3. The highest BCUT2D eigenvalue weighted by atomic mass is 32.1. The second-order valence-corrected chi connectivity index (χ2v) is 6.92. The SMILES string of the molecule is CCN1C(=O)/C(=C/c2ccc(OCc3cccc4ccccc34)cc2)NC1=S. The molecule has 1 amide bonds. The molecule has 28 heavy (non-hydrogen) atoms. The zero-order valence-corrected chi connectivity index (χ0v) is 16.3. The van der Waals surface area contributed by atoms with Gasteiger partial charge in [0.15, 0.2) is 5.11 Å². The minimum Gasteiger partial charge on any atom is -0.489 e. The fourth-order valence-electron chi connectivity index (χ4n) is 3.27. The lowest BCUT2D eigenvalue weighted by Crippen LogP contribution is -2.30. The normalized spacial score (nSPS) is 15.3. The molecule has 140 valence electrons. The van der Waals surface area contributed by atoms with Crippen LogP contribution in [0.25, 0.3) is 16.8 Å². The summed E-state index contributed by atoms with van der Waals surface area (Å²) in [6.07, 6.45) is 1.80. The molecule has 1 heterocycles. The lowest BCUT2D eigenvalue weighted by Gasteiger charge is -2.09. The van der Waals surface area contributed by atoms with Crippen LogP contribution in [-0.2, 0) is 11.4 Å². The third-order valence-electron chi connectivity index (χ3n) is 4.74. The molecule has 3 aromatic rings. The highest BCUT2D eigenvalue weighted by Gasteiger charge is 2.28. The van der Waals surface area contributed by atoms with Gasteiger partial charge >= 0.3 is 0 Å². The van der Waals surface area contributed by atoms with Crippen LogP contribution in [0.1, 0.15) is 18.1 Å². The maximum atomic E-state index is 12.3. The van der Waals surface area contributed by atoms with Gasteiger partial charge in [-0.05, 0) is 59.2 Å². The summed E-state index contributed by atoms with van der Waals surface area (Å²) in [5.41, 5.74) is 2.56. The van der Waals surface area contributed by atoms with Crippen LogP contribution in [-0.4, -0.2) is 22.5 Å². The van der Waals surface area contributed by atoms with E-state index in [0.29, 0.717) is 24.0 Å². The van der Waals surface area contributed by atoms with Crippen molar-refractivity contribution in [3.05, 3.63) is 83.6 Å². The number of likely N-dealkylation sites (N-methyl/N-ethyl adjacent to an activating group) is 1. The summed E-state index contributed by atoms with van der Waals surface area (Å²) >= 11 is 5.18. The summed E-state index contributed by atoms with van der Waals surface area (Å²) in [4.78, 5) is 13.8. The molecule has 0 atom stereocenters. The van der Waals surface area contributed by atoms with Crippen molar-refractivity contribution in [2.24, 2.45) is 0 Å². The smallest absolute Gasteiger partial charge is 0.276 e. The van der Waals surface area contributed by atoms with Gasteiger partial charge in [-0.25, -0.2) is 0 Å². The molecule has 0 spiro atoms. The number of ether oxygens (including phenoxy) is 1. The van der Waals surface area contributed by atoms with Gasteiger partial charge in [0.25, 0.3) is 5.91 Å². The predicted molar refractivity (Wildman–Crippen MR) is 116 cm³/mol. The monoisotopic (exact) mass is 388 g/mol. The lowest BCUT2D eigenvalue weighted by atomic mass is 10.1. The molecule has 0 saturated carbocycles. The zero-order valence-electron chi connectivity index (χ0n) is 15.5. The molecule has 0 bridgehead atoms. The molecular formula is C23H20N2O2S. The van der Waals surface area contributed by atoms with Crippen molar-refractivity contribution in [1.82, 2.24) is 10.2 Å². The first-order chi connectivity index (χ1) is 13.7. The highest BCUT2D eigenvalue weighted by molar-refractivity contribution is 7.80. The average molecular weight is 388 g/mol. The van der Waals surface area contributed by atoms with Gasteiger partial charge in [-0.1, -0.05) is 54.6 Å². The van der Waals surface area contributed by atoms with Gasteiger partial charge in [-0.3, -0.25) is 9.69 Å². The van der Waals surface area contributed by atoms with E-state index in [4.69, 9.17) is 17.0 Å². The number of nitrogens with one attached hydrogen (secondary N) is 1. The average Bonchev–Trinajstić information content (AvgIpc) is 2.99. The Morgan fingerprint density at radius 2 is 1.79 bits per heavy atom. The second-order valence-electron chi connectivity index (χ2n) is 6.53. The Morgan fingerprint density at radius 3 is 2.54 bits per heavy atom. The van der Waals surface area contributed by atoms with E-state index in [0.717, 1.165) is 16.9 Å². The Bertz CT molecular complexity index is 1070. The van der Waals surface area contributed by atoms with Crippen molar-refractivity contribution in [3.63, 3.8) is 0 Å². The first-order valence-corrected chi connectivity index (χ1v) is 9.60. The summed E-state index contributed by atoms with van der Waals surface area (Å²) < 4.78 is 5.97. The molecule has 1 N–H and O–H groups in total. The zero-order chi connectivity index (χ0) is 19.5. The van der Waals surface area contributed by atoms with Crippen LogP contribution in [0.5, 0.6) is 5.75 Å². The van der Waals surface area contributed by atoms with Crippen LogP contribution in [0, 0.1) is 0 Å². The van der Waals surface area contributed by atoms with Gasteiger partial charge in [-0.2, -0.15) is 0 Å². The predicted octanol–water partition coefficient (Wildman–Crippen LogP) is 4.50. The molecule has 1 aliphatic heterocycles. The molecule has 0 aliphatic carbocycles. The largest absolute Gasteiger partial charge is 0.489 e. The molecular weight excluding hydrogens is 368 g/mol. The van der Waals surface area contributed by atoms with Crippen LogP contribution in [0.15, 0.2) is 72.4 Å². The Balaban J connectivity index is 1.46. The van der Waals surface area contributed by atoms with Crippen LogP contribution >= 0.6 is 12.2 Å². The number of amides is 1. The number of carbonyl (C=O) groups excluding carboxylic acids is 1. The number of thiocarbonyl (C=S) groups is 1. The molecule has 1 saturated heterocycles. The summed E-state index contributed by atoms with van der Waals surface area (Å²) in [5, 5.41) is 5.83. The molecule has 0 unspecified atom stereocenters. The number of rotatable bonds is 5. The highest BCUT2D eigenvalue weighted by Crippen LogP contribution is 2.22. The van der Waals surface area contributed by atoms with Crippen molar-refractivity contribution in [1.29, 1.82) is 0 Å². The number of fused-ring (bicyclic) bond motifs is 1. The van der Waals surface area contributed by atoms with Gasteiger partial charge < -0.3 is 10.1 Å². The van der Waals surface area contributed by atoms with E-state index in [1.807, 2.05) is 49.4 Å². The Kier molecular flexibility index (Phi) is 5.08. The van der Waals surface area contributed by atoms with E-state index in [1.165, 1.54) is 10.8 Å². The molecule has 0 radical (unpaired) electrons. The van der Waals surface area contributed by atoms with Gasteiger partial charge in [0.2, 0.25) is 0 Å². The van der Waals surface area contributed by atoms with Crippen molar-refractivity contribution < 1.29 is 9.53 Å². The van der Waals surface area contributed by atoms with E-state index in [-0.39, 0.29) is 5.91 Å². The fourth-order valence-corrected chi connectivity index (χ4v) is 3.59. The number of nitrogens with zero attached hydrogens (tertiary/aromatic N) is 1. The van der Waals surface area contributed by atoms with Crippen molar-refractivity contribution in [2.75, 3.05) is 6.54 Å². The van der Waals surface area contributed by atoms with Crippen LogP contribution < -0.4 is 10.1 Å². The first kappa shape index (κ1) is 18.2. The van der Waals surface area contributed by atoms with Gasteiger partial charge in [0.05, 0.1) is 0 Å². The van der Waals surface area contributed by atoms with E-state index >= 15 is 0 Å². The van der Waals surface area contributed by atoms with Crippen molar-refractivity contribution in [2.45, 2.75) is 13.5 Å². The maximum absolute atomic E-state index is 12.3. The quantitative estimate of drug-likeness (QED) is 0.516. The molecule has 3 aromatic carbocycles. The molecule has 1 aliphatic rings. The summed E-state index contributed by atoms with van der Waals surface area (Å²) in [7, 11) is 0. The van der Waals surface area contributed by atoms with E-state index in [9.17, 15) is 4.79 Å². The molecule has 4 rings (SSSR count). The van der Waals surface area contributed by atoms with Crippen LogP contribution in [0.4, 0.5) is 0 Å². The van der Waals surface area contributed by atoms with Crippen molar-refractivity contribution in [3.8, 4) is 5.75 Å². The topological polar surface area (TPSA) is 41.6 Å². The minimum atomic E-state index is -0.0937. The Morgan fingerprint density at radius 1 is 1.04 bits per heavy atom. The molecule has 5 heteroatoms. The maximum Gasteiger partial charge on any atom is 0.276 e. The second kappa shape index (κ2) is 7.82. The summed E-state index contributed by atoms with van der Waals surface area (Å²) in [6.45, 7) is 2.96. The fraction of sp³-hybridized carbons (Fsp3) is 0.130. The molecule has 4 nitrogen and oxygen atoms in total. The van der Waals surface area contributed by atoms with E-state index in [2.05, 4.69) is 29.6 Å². The standard InChI is InChI=1S/C23H20N2O2S/c1-2-25-22(26)21(24-23(25)28)14-16-10-12-19(13-11-16)27-15-18-8-5-7-17-6-3-4-9-20(17)18/h3-14H,2,15H2,1H3,(H,24,28)/b21-14-. The van der Waals surface area contributed by atoms with Gasteiger partial charge in [-0.15, -0.1) is 0 Å². The molecule has 0 aromatic heterocycles. The summed E-state index contributed by atoms with van der Waals surface area (Å²) in [5.74, 6) is 0.690. The Hall–Kier alpha value is -3.18. The number of hydrogen-bond acceptors (Lipinski definition) is 3.